The van der Waals surface area contributed by atoms with Crippen molar-refractivity contribution in [2.75, 3.05) is 13.2 Å². The molecule has 0 bridgehead atoms. The predicted molar refractivity (Wildman–Crippen MR) is 111 cm³/mol. The number of hydrogen-bond acceptors (Lipinski definition) is 2. The number of rotatable bonds is 6. The van der Waals surface area contributed by atoms with Crippen molar-refractivity contribution >= 4 is 5.91 Å². The molecule has 1 saturated carbocycles. The van der Waals surface area contributed by atoms with Crippen molar-refractivity contribution in [3.05, 3.63) is 35.6 Å². The van der Waals surface area contributed by atoms with Crippen molar-refractivity contribution in [1.29, 1.82) is 0 Å². The SMILES string of the molecule is CC(=O)N(CCC1(Cc2ccc(F)cc2)CCCCC1)[C@H]1CCOC(C)(C)C1. The Bertz CT molecular complexity index is 649. The fourth-order valence-corrected chi connectivity index (χ4v) is 5.27. The van der Waals surface area contributed by atoms with Gasteiger partial charge < -0.3 is 9.64 Å². The van der Waals surface area contributed by atoms with Gasteiger partial charge in [-0.05, 0) is 75.5 Å². The molecule has 3 nitrogen and oxygen atoms in total. The van der Waals surface area contributed by atoms with Crippen LogP contribution >= 0.6 is 0 Å². The normalized spacial score (nSPS) is 23.9. The summed E-state index contributed by atoms with van der Waals surface area (Å²) in [5, 5.41) is 0. The van der Waals surface area contributed by atoms with Crippen molar-refractivity contribution in [3.8, 4) is 0 Å². The minimum atomic E-state index is -0.175. The average Bonchev–Trinajstić information content (AvgIpc) is 2.64. The Kier molecular flexibility index (Phi) is 6.80. The summed E-state index contributed by atoms with van der Waals surface area (Å²) in [5.74, 6) is 0.00164. The molecule has 0 unspecified atom stereocenters. The summed E-state index contributed by atoms with van der Waals surface area (Å²) < 4.78 is 19.2. The lowest BCUT2D eigenvalue weighted by Crippen LogP contribution is -2.49. The summed E-state index contributed by atoms with van der Waals surface area (Å²) in [5.41, 5.74) is 1.28. The lowest BCUT2D eigenvalue weighted by atomic mass is 9.68. The summed E-state index contributed by atoms with van der Waals surface area (Å²) in [6, 6.07) is 7.26. The Morgan fingerprint density at radius 1 is 1.18 bits per heavy atom. The lowest BCUT2D eigenvalue weighted by Gasteiger charge is -2.44. The van der Waals surface area contributed by atoms with Gasteiger partial charge in [0.1, 0.15) is 5.82 Å². The molecule has 0 N–H and O–H groups in total. The highest BCUT2D eigenvalue weighted by molar-refractivity contribution is 5.73. The van der Waals surface area contributed by atoms with Crippen LogP contribution in [0.1, 0.15) is 77.7 Å². The number of ether oxygens (including phenoxy) is 1. The molecule has 1 saturated heterocycles. The monoisotopic (exact) mass is 389 g/mol. The first-order chi connectivity index (χ1) is 13.3. The van der Waals surface area contributed by atoms with E-state index in [-0.39, 0.29) is 28.8 Å². The summed E-state index contributed by atoms with van der Waals surface area (Å²) in [7, 11) is 0. The molecule has 28 heavy (non-hydrogen) atoms. The van der Waals surface area contributed by atoms with Crippen LogP contribution in [0.25, 0.3) is 0 Å². The number of carbonyl (C=O) groups excluding carboxylic acids is 1. The highest BCUT2D eigenvalue weighted by atomic mass is 19.1. The fourth-order valence-electron chi connectivity index (χ4n) is 5.27. The number of carbonyl (C=O) groups is 1. The first kappa shape index (κ1) is 21.3. The van der Waals surface area contributed by atoms with Crippen molar-refractivity contribution in [2.45, 2.75) is 90.2 Å². The van der Waals surface area contributed by atoms with E-state index in [1.165, 1.54) is 37.7 Å². The third kappa shape index (κ3) is 5.56. The molecule has 1 heterocycles. The topological polar surface area (TPSA) is 29.5 Å². The van der Waals surface area contributed by atoms with Gasteiger partial charge >= 0.3 is 0 Å². The first-order valence-corrected chi connectivity index (χ1v) is 10.9. The van der Waals surface area contributed by atoms with Gasteiger partial charge in [-0.2, -0.15) is 0 Å². The summed E-state index contributed by atoms with van der Waals surface area (Å²) >= 11 is 0. The second-order valence-electron chi connectivity index (χ2n) is 9.58. The highest BCUT2D eigenvalue weighted by Gasteiger charge is 2.36. The van der Waals surface area contributed by atoms with Crippen LogP contribution in [0.4, 0.5) is 4.39 Å². The zero-order chi connectivity index (χ0) is 20.2. The molecule has 2 aliphatic rings. The van der Waals surface area contributed by atoms with Gasteiger partial charge in [-0.3, -0.25) is 4.79 Å². The molecule has 2 fully saturated rings. The van der Waals surface area contributed by atoms with Gasteiger partial charge in [0.25, 0.3) is 0 Å². The smallest absolute Gasteiger partial charge is 0.219 e. The number of benzene rings is 1. The second kappa shape index (κ2) is 8.94. The van der Waals surface area contributed by atoms with E-state index in [9.17, 15) is 9.18 Å². The Hall–Kier alpha value is -1.42. The molecule has 4 heteroatoms. The molecule has 0 radical (unpaired) electrons. The molecule has 3 rings (SSSR count). The van der Waals surface area contributed by atoms with E-state index in [0.29, 0.717) is 0 Å². The van der Waals surface area contributed by atoms with Gasteiger partial charge in [-0.15, -0.1) is 0 Å². The standard InChI is InChI=1S/C24H36FNO2/c1-19(27)26(22-11-16-28-23(2,3)18-22)15-14-24(12-5-4-6-13-24)17-20-7-9-21(25)10-8-20/h7-10,22H,4-6,11-18H2,1-3H3/t22-/m0/s1. The van der Waals surface area contributed by atoms with Crippen LogP contribution in [0.3, 0.4) is 0 Å². The summed E-state index contributed by atoms with van der Waals surface area (Å²) in [6.45, 7) is 7.48. The summed E-state index contributed by atoms with van der Waals surface area (Å²) in [4.78, 5) is 14.6. The lowest BCUT2D eigenvalue weighted by molar-refractivity contribution is -0.138. The fraction of sp³-hybridized carbons (Fsp3) is 0.708. The van der Waals surface area contributed by atoms with Crippen LogP contribution in [0, 0.1) is 11.2 Å². The van der Waals surface area contributed by atoms with E-state index in [1.807, 2.05) is 12.1 Å². The van der Waals surface area contributed by atoms with Crippen molar-refractivity contribution in [3.63, 3.8) is 0 Å². The molecular formula is C24H36FNO2. The van der Waals surface area contributed by atoms with E-state index in [0.717, 1.165) is 38.8 Å². The van der Waals surface area contributed by atoms with Gasteiger partial charge in [-0.25, -0.2) is 4.39 Å². The molecule has 1 aliphatic carbocycles. The largest absolute Gasteiger partial charge is 0.375 e. The number of nitrogens with zero attached hydrogens (tertiary/aromatic N) is 1. The minimum Gasteiger partial charge on any atom is -0.375 e. The van der Waals surface area contributed by atoms with Crippen LogP contribution in [0.2, 0.25) is 0 Å². The molecule has 0 aromatic heterocycles. The van der Waals surface area contributed by atoms with Crippen molar-refractivity contribution < 1.29 is 13.9 Å². The van der Waals surface area contributed by atoms with E-state index < -0.39 is 0 Å². The van der Waals surface area contributed by atoms with Crippen LogP contribution < -0.4 is 0 Å². The van der Waals surface area contributed by atoms with E-state index >= 15 is 0 Å². The van der Waals surface area contributed by atoms with E-state index in [2.05, 4.69) is 18.7 Å². The van der Waals surface area contributed by atoms with Crippen LogP contribution in [0.15, 0.2) is 24.3 Å². The first-order valence-electron chi connectivity index (χ1n) is 10.9. The number of halogens is 1. The van der Waals surface area contributed by atoms with Crippen molar-refractivity contribution in [1.82, 2.24) is 4.90 Å². The minimum absolute atomic E-state index is 0.159. The number of amides is 1. The molecule has 156 valence electrons. The van der Waals surface area contributed by atoms with Crippen LogP contribution in [0.5, 0.6) is 0 Å². The maximum absolute atomic E-state index is 13.3. The molecule has 1 atom stereocenters. The average molecular weight is 390 g/mol. The highest BCUT2D eigenvalue weighted by Crippen LogP contribution is 2.42. The molecule has 0 spiro atoms. The Labute approximate surface area is 169 Å². The van der Waals surface area contributed by atoms with E-state index in [1.54, 1.807) is 19.1 Å². The van der Waals surface area contributed by atoms with Crippen LogP contribution in [-0.2, 0) is 16.0 Å². The number of hydrogen-bond donors (Lipinski definition) is 0. The third-order valence-electron chi connectivity index (χ3n) is 6.81. The van der Waals surface area contributed by atoms with Crippen molar-refractivity contribution in [2.24, 2.45) is 5.41 Å². The molecule has 1 amide bonds. The Morgan fingerprint density at radius 3 is 2.46 bits per heavy atom. The second-order valence-corrected chi connectivity index (χ2v) is 9.58. The zero-order valence-electron chi connectivity index (χ0n) is 17.8. The van der Waals surface area contributed by atoms with Gasteiger partial charge in [0.2, 0.25) is 5.91 Å². The molecule has 1 aromatic rings. The Balaban J connectivity index is 1.70. The maximum atomic E-state index is 13.3. The van der Waals surface area contributed by atoms with Gasteiger partial charge in [-0.1, -0.05) is 31.4 Å². The van der Waals surface area contributed by atoms with Crippen LogP contribution in [-0.4, -0.2) is 35.6 Å². The Morgan fingerprint density at radius 2 is 1.86 bits per heavy atom. The zero-order valence-corrected chi connectivity index (χ0v) is 17.8. The molecule has 1 aliphatic heterocycles. The van der Waals surface area contributed by atoms with E-state index in [4.69, 9.17) is 4.74 Å². The molecule has 1 aromatic carbocycles. The van der Waals surface area contributed by atoms with Gasteiger partial charge in [0.05, 0.1) is 5.60 Å². The maximum Gasteiger partial charge on any atom is 0.219 e. The quantitative estimate of drug-likeness (QED) is 0.641. The third-order valence-corrected chi connectivity index (χ3v) is 6.81. The predicted octanol–water partition coefficient (Wildman–Crippen LogP) is 5.51. The van der Waals surface area contributed by atoms with Gasteiger partial charge in [0, 0.05) is 26.1 Å². The summed E-state index contributed by atoms with van der Waals surface area (Å²) in [6.07, 6.45) is 10.1. The molecular weight excluding hydrogens is 353 g/mol. The van der Waals surface area contributed by atoms with Gasteiger partial charge in [0.15, 0.2) is 0 Å².